The van der Waals surface area contributed by atoms with E-state index in [0.717, 1.165) is 28.3 Å². The lowest BCUT2D eigenvalue weighted by Crippen LogP contribution is -2.24. The molecule has 2 aromatic rings. The average molecular weight is 329 g/mol. The van der Waals surface area contributed by atoms with Crippen LogP contribution < -0.4 is 20.2 Å². The highest BCUT2D eigenvalue weighted by Gasteiger charge is 2.04. The molecule has 5 nitrogen and oxygen atoms in total. The van der Waals surface area contributed by atoms with Gasteiger partial charge in [-0.3, -0.25) is 5.43 Å². The molecule has 0 aliphatic carbocycles. The number of rotatable bonds is 5. The van der Waals surface area contributed by atoms with Crippen molar-refractivity contribution in [3.63, 3.8) is 0 Å². The summed E-state index contributed by atoms with van der Waals surface area (Å²) in [5, 5.41) is 7.57. The summed E-state index contributed by atoms with van der Waals surface area (Å²) in [7, 11) is 3.25. The summed E-state index contributed by atoms with van der Waals surface area (Å²) in [6.07, 6.45) is 1.68. The first-order valence-electron chi connectivity index (χ1n) is 7.01. The molecule has 0 aromatic heterocycles. The van der Waals surface area contributed by atoms with E-state index in [2.05, 4.69) is 15.8 Å². The minimum absolute atomic E-state index is 0.388. The molecule has 0 aliphatic rings. The van der Waals surface area contributed by atoms with Crippen LogP contribution in [0.3, 0.4) is 0 Å². The van der Waals surface area contributed by atoms with E-state index in [1.165, 1.54) is 0 Å². The fourth-order valence-corrected chi connectivity index (χ4v) is 2.09. The third kappa shape index (κ3) is 4.96. The third-order valence-corrected chi connectivity index (χ3v) is 3.29. The Labute approximate surface area is 141 Å². The van der Waals surface area contributed by atoms with Crippen LogP contribution in [0.25, 0.3) is 0 Å². The van der Waals surface area contributed by atoms with E-state index in [4.69, 9.17) is 21.7 Å². The first-order valence-corrected chi connectivity index (χ1v) is 7.42. The van der Waals surface area contributed by atoms with Crippen molar-refractivity contribution in [2.45, 2.75) is 6.92 Å². The zero-order valence-electron chi connectivity index (χ0n) is 13.3. The van der Waals surface area contributed by atoms with Crippen molar-refractivity contribution in [2.75, 3.05) is 19.5 Å². The fraction of sp³-hybridized carbons (Fsp3) is 0.176. The smallest absolute Gasteiger partial charge is 0.191 e. The summed E-state index contributed by atoms with van der Waals surface area (Å²) < 4.78 is 10.4. The summed E-state index contributed by atoms with van der Waals surface area (Å²) >= 11 is 5.23. The lowest BCUT2D eigenvalue weighted by atomic mass is 10.2. The second-order valence-electron chi connectivity index (χ2n) is 4.80. The van der Waals surface area contributed by atoms with Gasteiger partial charge in [-0.25, -0.2) is 0 Å². The molecule has 0 unspecified atom stereocenters. The Morgan fingerprint density at radius 1 is 1.09 bits per heavy atom. The molecule has 6 heteroatoms. The number of ether oxygens (including phenoxy) is 2. The van der Waals surface area contributed by atoms with Crippen molar-refractivity contribution >= 4 is 29.2 Å². The van der Waals surface area contributed by atoms with Crippen molar-refractivity contribution in [2.24, 2.45) is 5.10 Å². The van der Waals surface area contributed by atoms with Crippen LogP contribution in [0.15, 0.2) is 47.6 Å². The molecule has 2 N–H and O–H groups in total. The van der Waals surface area contributed by atoms with Gasteiger partial charge in [0.05, 0.1) is 26.1 Å². The molecule has 2 aromatic carbocycles. The van der Waals surface area contributed by atoms with Crippen LogP contribution in [0.5, 0.6) is 11.5 Å². The van der Waals surface area contributed by atoms with Crippen molar-refractivity contribution in [1.82, 2.24) is 5.43 Å². The number of thiocarbonyl (C=S) groups is 1. The summed E-state index contributed by atoms with van der Waals surface area (Å²) in [4.78, 5) is 0. The Morgan fingerprint density at radius 2 is 1.83 bits per heavy atom. The minimum atomic E-state index is 0.388. The molecule has 0 radical (unpaired) electrons. The lowest BCUT2D eigenvalue weighted by Gasteiger charge is -2.12. The number of nitrogens with zero attached hydrogens (tertiary/aromatic N) is 1. The fourth-order valence-electron chi connectivity index (χ4n) is 1.93. The highest BCUT2D eigenvalue weighted by Crippen LogP contribution is 2.24. The molecular formula is C17H19N3O2S. The highest BCUT2D eigenvalue weighted by molar-refractivity contribution is 7.80. The molecule has 0 amide bonds. The molecule has 0 spiro atoms. The van der Waals surface area contributed by atoms with Gasteiger partial charge in [0.15, 0.2) is 5.11 Å². The van der Waals surface area contributed by atoms with E-state index in [0.29, 0.717) is 5.11 Å². The average Bonchev–Trinajstić information content (AvgIpc) is 2.56. The Hall–Kier alpha value is -2.60. The number of hydrogen-bond acceptors (Lipinski definition) is 4. The van der Waals surface area contributed by atoms with Gasteiger partial charge in [0.1, 0.15) is 11.5 Å². The Kier molecular flexibility index (Phi) is 5.94. The van der Waals surface area contributed by atoms with Gasteiger partial charge >= 0.3 is 0 Å². The maximum atomic E-state index is 5.30. The number of nitrogens with one attached hydrogen (secondary N) is 2. The molecule has 0 atom stereocenters. The number of aryl methyl sites for hydroxylation is 1. The van der Waals surface area contributed by atoms with Gasteiger partial charge in [0.2, 0.25) is 0 Å². The topological polar surface area (TPSA) is 54.9 Å². The van der Waals surface area contributed by atoms with Gasteiger partial charge in [0.25, 0.3) is 0 Å². The molecule has 0 saturated carbocycles. The third-order valence-electron chi connectivity index (χ3n) is 3.10. The maximum absolute atomic E-state index is 5.30. The second kappa shape index (κ2) is 8.14. The van der Waals surface area contributed by atoms with Gasteiger partial charge in [0, 0.05) is 0 Å². The van der Waals surface area contributed by atoms with Gasteiger partial charge in [-0.05, 0) is 66.7 Å². The minimum Gasteiger partial charge on any atom is -0.497 e. The SMILES string of the molecule is COc1ccc(/C=N/NC(=S)Nc2cc(C)ccc2OC)cc1. The monoisotopic (exact) mass is 329 g/mol. The van der Waals surface area contributed by atoms with Crippen molar-refractivity contribution in [1.29, 1.82) is 0 Å². The van der Waals surface area contributed by atoms with Crippen molar-refractivity contribution < 1.29 is 9.47 Å². The zero-order chi connectivity index (χ0) is 16.7. The van der Waals surface area contributed by atoms with Crippen LogP contribution in [0.1, 0.15) is 11.1 Å². The predicted octanol–water partition coefficient (Wildman–Crippen LogP) is 3.33. The largest absolute Gasteiger partial charge is 0.497 e. The Bertz CT molecular complexity index is 699. The van der Waals surface area contributed by atoms with Crippen LogP contribution in [0.4, 0.5) is 5.69 Å². The van der Waals surface area contributed by atoms with Crippen molar-refractivity contribution in [3.8, 4) is 11.5 Å². The van der Waals surface area contributed by atoms with Crippen LogP contribution in [-0.4, -0.2) is 25.5 Å². The molecule has 120 valence electrons. The zero-order valence-corrected chi connectivity index (χ0v) is 14.1. The van der Waals surface area contributed by atoms with Crippen LogP contribution in [-0.2, 0) is 0 Å². The number of methoxy groups -OCH3 is 2. The van der Waals surface area contributed by atoms with Gasteiger partial charge < -0.3 is 14.8 Å². The van der Waals surface area contributed by atoms with Gasteiger partial charge in [-0.2, -0.15) is 5.10 Å². The first kappa shape index (κ1) is 16.8. The standard InChI is InChI=1S/C17H19N3O2S/c1-12-4-9-16(22-3)15(10-12)19-17(23)20-18-11-13-5-7-14(21-2)8-6-13/h4-11H,1-3H3,(H2,19,20,23)/b18-11+. The van der Waals surface area contributed by atoms with Gasteiger partial charge in [-0.15, -0.1) is 0 Å². The van der Waals surface area contributed by atoms with E-state index >= 15 is 0 Å². The van der Waals surface area contributed by atoms with E-state index < -0.39 is 0 Å². The normalized spacial score (nSPS) is 10.4. The quantitative estimate of drug-likeness (QED) is 0.501. The van der Waals surface area contributed by atoms with E-state index in [1.807, 2.05) is 49.4 Å². The lowest BCUT2D eigenvalue weighted by molar-refractivity contribution is 0.415. The molecule has 2 rings (SSSR count). The summed E-state index contributed by atoms with van der Waals surface area (Å²) in [5.74, 6) is 1.53. The molecule has 0 heterocycles. The van der Waals surface area contributed by atoms with Crippen molar-refractivity contribution in [3.05, 3.63) is 53.6 Å². The second-order valence-corrected chi connectivity index (χ2v) is 5.21. The first-order chi connectivity index (χ1) is 11.1. The van der Waals surface area contributed by atoms with Crippen LogP contribution in [0.2, 0.25) is 0 Å². The summed E-state index contributed by atoms with van der Waals surface area (Å²) in [5.41, 5.74) is 5.63. The summed E-state index contributed by atoms with van der Waals surface area (Å²) in [6.45, 7) is 2.00. The number of hydrazone groups is 1. The summed E-state index contributed by atoms with van der Waals surface area (Å²) in [6, 6.07) is 13.4. The highest BCUT2D eigenvalue weighted by atomic mass is 32.1. The maximum Gasteiger partial charge on any atom is 0.191 e. The van der Waals surface area contributed by atoms with E-state index in [-0.39, 0.29) is 0 Å². The molecule has 0 aliphatic heterocycles. The predicted molar refractivity (Wildman–Crippen MR) is 97.7 cm³/mol. The van der Waals surface area contributed by atoms with E-state index in [9.17, 15) is 0 Å². The number of benzene rings is 2. The molecule has 0 fully saturated rings. The van der Waals surface area contributed by atoms with Crippen LogP contribution >= 0.6 is 12.2 Å². The Balaban J connectivity index is 1.94. The van der Waals surface area contributed by atoms with Gasteiger partial charge in [-0.1, -0.05) is 6.07 Å². The molecule has 23 heavy (non-hydrogen) atoms. The van der Waals surface area contributed by atoms with Crippen LogP contribution in [0, 0.1) is 6.92 Å². The van der Waals surface area contributed by atoms with E-state index in [1.54, 1.807) is 20.4 Å². The number of hydrogen-bond donors (Lipinski definition) is 2. The molecule has 0 saturated heterocycles. The molecule has 0 bridgehead atoms. The number of anilines is 1. The Morgan fingerprint density at radius 3 is 2.48 bits per heavy atom. The molecular weight excluding hydrogens is 310 g/mol.